The van der Waals surface area contributed by atoms with Gasteiger partial charge in [-0.05, 0) is 42.7 Å². The van der Waals surface area contributed by atoms with E-state index in [2.05, 4.69) is 0 Å². The molecule has 0 N–H and O–H groups in total. The summed E-state index contributed by atoms with van der Waals surface area (Å²) in [5.74, 6) is 0.785. The van der Waals surface area contributed by atoms with Crippen LogP contribution in [0.25, 0.3) is 0 Å². The second-order valence-corrected chi connectivity index (χ2v) is 6.39. The zero-order valence-electron chi connectivity index (χ0n) is 12.9. The van der Waals surface area contributed by atoms with Gasteiger partial charge in [0.05, 0.1) is 12.2 Å². The van der Waals surface area contributed by atoms with E-state index in [1.165, 1.54) is 12.1 Å². The molecule has 1 saturated heterocycles. The van der Waals surface area contributed by atoms with E-state index in [-0.39, 0.29) is 11.7 Å². The molecular formula is C18H18FNO2S. The lowest BCUT2D eigenvalue weighted by atomic mass is 10.00. The van der Waals surface area contributed by atoms with Crippen molar-refractivity contribution in [3.05, 3.63) is 59.9 Å². The molecule has 2 aromatic carbocycles. The lowest BCUT2D eigenvalue weighted by Crippen LogP contribution is -2.52. The highest BCUT2D eigenvalue weighted by Crippen LogP contribution is 2.25. The summed E-state index contributed by atoms with van der Waals surface area (Å²) in [4.78, 5) is 15.3. The van der Waals surface area contributed by atoms with E-state index in [0.29, 0.717) is 31.4 Å². The maximum absolute atomic E-state index is 12.8. The number of likely N-dealkylation sites (tertiary alicyclic amines) is 1. The molecule has 3 nitrogen and oxygen atoms in total. The third kappa shape index (κ3) is 3.67. The van der Waals surface area contributed by atoms with Gasteiger partial charge in [-0.2, -0.15) is 0 Å². The predicted octanol–water partition coefficient (Wildman–Crippen LogP) is 3.70. The fourth-order valence-corrected chi connectivity index (χ4v) is 3.17. The van der Waals surface area contributed by atoms with Crippen molar-refractivity contribution in [3.8, 4) is 5.75 Å². The van der Waals surface area contributed by atoms with Gasteiger partial charge in [-0.3, -0.25) is 4.79 Å². The second-order valence-electron chi connectivity index (χ2n) is 5.54. The van der Waals surface area contributed by atoms with Crippen LogP contribution in [0.15, 0.2) is 53.4 Å². The number of rotatable bonds is 5. The first-order valence-corrected chi connectivity index (χ1v) is 8.70. The van der Waals surface area contributed by atoms with Gasteiger partial charge >= 0.3 is 0 Å². The molecule has 1 aliphatic heterocycles. The van der Waals surface area contributed by atoms with E-state index >= 15 is 0 Å². The van der Waals surface area contributed by atoms with Gasteiger partial charge in [0.2, 0.25) is 0 Å². The summed E-state index contributed by atoms with van der Waals surface area (Å²) in [6.07, 6.45) is 1.97. The van der Waals surface area contributed by atoms with Crippen LogP contribution < -0.4 is 4.74 Å². The Balaban J connectivity index is 1.50. The van der Waals surface area contributed by atoms with Crippen molar-refractivity contribution in [3.63, 3.8) is 0 Å². The standard InChI is InChI=1S/C18H18FNO2S/c1-23-17-5-3-2-4-16(17)18(21)20-10-13(11-20)12-22-15-8-6-14(19)7-9-15/h2-9,13H,10-12H2,1H3. The normalized spacial score (nSPS) is 14.4. The Morgan fingerprint density at radius 1 is 1.22 bits per heavy atom. The van der Waals surface area contributed by atoms with Crippen LogP contribution in [0.3, 0.4) is 0 Å². The van der Waals surface area contributed by atoms with Gasteiger partial charge < -0.3 is 9.64 Å². The minimum atomic E-state index is -0.273. The van der Waals surface area contributed by atoms with Crippen molar-refractivity contribution in [1.29, 1.82) is 0 Å². The lowest BCUT2D eigenvalue weighted by molar-refractivity contribution is 0.0390. The van der Waals surface area contributed by atoms with Crippen molar-refractivity contribution < 1.29 is 13.9 Å². The quantitative estimate of drug-likeness (QED) is 0.783. The number of carbonyl (C=O) groups excluding carboxylic acids is 1. The van der Waals surface area contributed by atoms with Crippen LogP contribution in [0.2, 0.25) is 0 Å². The Morgan fingerprint density at radius 2 is 1.91 bits per heavy atom. The van der Waals surface area contributed by atoms with Crippen LogP contribution in [-0.2, 0) is 0 Å². The SMILES string of the molecule is CSc1ccccc1C(=O)N1CC(COc2ccc(F)cc2)C1. The van der Waals surface area contributed by atoms with Gasteiger partial charge in [-0.25, -0.2) is 4.39 Å². The minimum absolute atomic E-state index is 0.0768. The molecule has 0 saturated carbocycles. The molecule has 0 radical (unpaired) electrons. The number of thioether (sulfide) groups is 1. The van der Waals surface area contributed by atoms with Crippen LogP contribution in [0, 0.1) is 11.7 Å². The van der Waals surface area contributed by atoms with Gasteiger partial charge in [0, 0.05) is 23.9 Å². The van der Waals surface area contributed by atoms with Gasteiger partial charge in [-0.1, -0.05) is 12.1 Å². The molecule has 1 aliphatic rings. The fourth-order valence-electron chi connectivity index (χ4n) is 2.58. The number of halogens is 1. The van der Waals surface area contributed by atoms with Crippen molar-refractivity contribution in [2.24, 2.45) is 5.92 Å². The van der Waals surface area contributed by atoms with Crippen LogP contribution in [0.5, 0.6) is 5.75 Å². The topological polar surface area (TPSA) is 29.5 Å². The van der Waals surface area contributed by atoms with Crippen LogP contribution in [-0.4, -0.2) is 36.8 Å². The Labute approximate surface area is 139 Å². The van der Waals surface area contributed by atoms with Gasteiger partial charge in [0.1, 0.15) is 11.6 Å². The Hall–Kier alpha value is -2.01. The van der Waals surface area contributed by atoms with E-state index in [4.69, 9.17) is 4.74 Å². The molecule has 1 amide bonds. The molecule has 1 heterocycles. The fraction of sp³-hybridized carbons (Fsp3) is 0.278. The summed E-state index contributed by atoms with van der Waals surface area (Å²) in [5, 5.41) is 0. The number of ether oxygens (including phenoxy) is 1. The highest BCUT2D eigenvalue weighted by molar-refractivity contribution is 7.98. The molecule has 0 atom stereocenters. The lowest BCUT2D eigenvalue weighted by Gasteiger charge is -2.39. The molecule has 0 unspecified atom stereocenters. The zero-order valence-corrected chi connectivity index (χ0v) is 13.7. The molecular weight excluding hydrogens is 313 g/mol. The summed E-state index contributed by atoms with van der Waals surface area (Å²) >= 11 is 1.58. The van der Waals surface area contributed by atoms with Gasteiger partial charge in [0.15, 0.2) is 0 Å². The average molecular weight is 331 g/mol. The van der Waals surface area contributed by atoms with Crippen LogP contribution in [0.1, 0.15) is 10.4 Å². The zero-order chi connectivity index (χ0) is 16.2. The maximum Gasteiger partial charge on any atom is 0.255 e. The van der Waals surface area contributed by atoms with E-state index < -0.39 is 0 Å². The molecule has 2 aromatic rings. The maximum atomic E-state index is 12.8. The van der Waals surface area contributed by atoms with Gasteiger partial charge in [0.25, 0.3) is 5.91 Å². The number of nitrogens with zero attached hydrogens (tertiary/aromatic N) is 1. The highest BCUT2D eigenvalue weighted by Gasteiger charge is 2.32. The van der Waals surface area contributed by atoms with Crippen molar-refractivity contribution in [2.75, 3.05) is 26.0 Å². The Kier molecular flexibility index (Phi) is 4.86. The Bertz CT molecular complexity index is 684. The summed E-state index contributed by atoms with van der Waals surface area (Å²) in [6.45, 7) is 1.94. The van der Waals surface area contributed by atoms with E-state index in [1.54, 1.807) is 23.9 Å². The second kappa shape index (κ2) is 7.04. The average Bonchev–Trinajstić information content (AvgIpc) is 2.54. The largest absolute Gasteiger partial charge is 0.493 e. The summed E-state index contributed by atoms with van der Waals surface area (Å²) in [7, 11) is 0. The molecule has 120 valence electrons. The molecule has 5 heteroatoms. The third-order valence-electron chi connectivity index (χ3n) is 3.88. The first kappa shape index (κ1) is 15.9. The van der Waals surface area contributed by atoms with Crippen LogP contribution >= 0.6 is 11.8 Å². The number of carbonyl (C=O) groups is 1. The van der Waals surface area contributed by atoms with E-state index in [0.717, 1.165) is 10.5 Å². The van der Waals surface area contributed by atoms with Crippen LogP contribution in [0.4, 0.5) is 4.39 Å². The van der Waals surface area contributed by atoms with Crippen molar-refractivity contribution in [1.82, 2.24) is 4.90 Å². The number of hydrogen-bond acceptors (Lipinski definition) is 3. The summed E-state index contributed by atoms with van der Waals surface area (Å²) in [6, 6.07) is 13.7. The van der Waals surface area contributed by atoms with E-state index in [1.807, 2.05) is 35.4 Å². The highest BCUT2D eigenvalue weighted by atomic mass is 32.2. The number of benzene rings is 2. The smallest absolute Gasteiger partial charge is 0.255 e. The third-order valence-corrected chi connectivity index (χ3v) is 4.68. The molecule has 3 rings (SSSR count). The summed E-state index contributed by atoms with van der Waals surface area (Å²) in [5.41, 5.74) is 0.762. The molecule has 0 spiro atoms. The minimum Gasteiger partial charge on any atom is -0.493 e. The molecule has 1 fully saturated rings. The molecule has 0 bridgehead atoms. The molecule has 23 heavy (non-hydrogen) atoms. The Morgan fingerprint density at radius 3 is 2.61 bits per heavy atom. The van der Waals surface area contributed by atoms with Gasteiger partial charge in [-0.15, -0.1) is 11.8 Å². The van der Waals surface area contributed by atoms with E-state index in [9.17, 15) is 9.18 Å². The van der Waals surface area contributed by atoms with Crippen molar-refractivity contribution >= 4 is 17.7 Å². The molecule has 0 aromatic heterocycles. The molecule has 0 aliphatic carbocycles. The first-order chi connectivity index (χ1) is 11.2. The number of hydrogen-bond donors (Lipinski definition) is 0. The monoisotopic (exact) mass is 331 g/mol. The first-order valence-electron chi connectivity index (χ1n) is 7.48. The summed E-state index contributed by atoms with van der Waals surface area (Å²) < 4.78 is 18.5. The van der Waals surface area contributed by atoms with Crippen molar-refractivity contribution in [2.45, 2.75) is 4.90 Å². The predicted molar refractivity (Wildman–Crippen MR) is 89.5 cm³/mol. The number of amides is 1.